The van der Waals surface area contributed by atoms with Crippen LogP contribution in [0.5, 0.6) is 5.75 Å². The van der Waals surface area contributed by atoms with E-state index in [-0.39, 0.29) is 6.04 Å². The number of ether oxygens (including phenoxy) is 1. The zero-order valence-electron chi connectivity index (χ0n) is 9.71. The summed E-state index contributed by atoms with van der Waals surface area (Å²) in [5.74, 6) is 0.722. The standard InChI is InChI=1S/C13H15N3O/c1-10(14)13-6-5-12(8-16-13)17-9-11-4-2-3-7-15-11/h2-8,10H,9,14H2,1H3/t10-/m1/s1. The van der Waals surface area contributed by atoms with Gasteiger partial charge in [-0.1, -0.05) is 6.07 Å². The molecule has 0 aliphatic carbocycles. The maximum atomic E-state index is 5.72. The van der Waals surface area contributed by atoms with Crippen molar-refractivity contribution < 1.29 is 4.74 Å². The summed E-state index contributed by atoms with van der Waals surface area (Å²) in [5, 5.41) is 0. The van der Waals surface area contributed by atoms with Gasteiger partial charge in [-0.3, -0.25) is 9.97 Å². The number of nitrogens with two attached hydrogens (primary N) is 1. The predicted octanol–water partition coefficient (Wildman–Crippen LogP) is 2.08. The van der Waals surface area contributed by atoms with Crippen LogP contribution in [-0.4, -0.2) is 9.97 Å². The second-order valence-electron chi connectivity index (χ2n) is 3.82. The van der Waals surface area contributed by atoms with Gasteiger partial charge >= 0.3 is 0 Å². The molecule has 4 nitrogen and oxygen atoms in total. The van der Waals surface area contributed by atoms with Gasteiger partial charge in [0.15, 0.2) is 0 Å². The van der Waals surface area contributed by atoms with Gasteiger partial charge in [0.05, 0.1) is 17.6 Å². The molecule has 1 atom stereocenters. The lowest BCUT2D eigenvalue weighted by Crippen LogP contribution is -2.07. The van der Waals surface area contributed by atoms with Crippen molar-refractivity contribution in [2.24, 2.45) is 5.73 Å². The third kappa shape index (κ3) is 3.26. The van der Waals surface area contributed by atoms with Gasteiger partial charge in [0.25, 0.3) is 0 Å². The molecular formula is C13H15N3O. The van der Waals surface area contributed by atoms with Gasteiger partial charge in [0.2, 0.25) is 0 Å². The van der Waals surface area contributed by atoms with Gasteiger partial charge in [-0.15, -0.1) is 0 Å². The molecule has 0 bridgehead atoms. The average molecular weight is 229 g/mol. The highest BCUT2D eigenvalue weighted by Gasteiger charge is 2.01. The summed E-state index contributed by atoms with van der Waals surface area (Å²) in [4.78, 5) is 8.39. The SMILES string of the molecule is C[C@@H](N)c1ccc(OCc2ccccn2)cn1. The van der Waals surface area contributed by atoms with Crippen molar-refractivity contribution in [1.82, 2.24) is 9.97 Å². The number of nitrogens with zero attached hydrogens (tertiary/aromatic N) is 2. The minimum absolute atomic E-state index is 0.0557. The Kier molecular flexibility index (Phi) is 3.67. The second-order valence-corrected chi connectivity index (χ2v) is 3.82. The van der Waals surface area contributed by atoms with Gasteiger partial charge in [0.1, 0.15) is 12.4 Å². The lowest BCUT2D eigenvalue weighted by Gasteiger charge is -2.07. The van der Waals surface area contributed by atoms with E-state index in [1.54, 1.807) is 12.4 Å². The summed E-state index contributed by atoms with van der Waals surface area (Å²) >= 11 is 0. The predicted molar refractivity (Wildman–Crippen MR) is 65.4 cm³/mol. The molecule has 0 saturated carbocycles. The minimum Gasteiger partial charge on any atom is -0.486 e. The van der Waals surface area contributed by atoms with Crippen LogP contribution in [0.3, 0.4) is 0 Å². The van der Waals surface area contributed by atoms with E-state index in [0.717, 1.165) is 17.1 Å². The van der Waals surface area contributed by atoms with Gasteiger partial charge < -0.3 is 10.5 Å². The lowest BCUT2D eigenvalue weighted by atomic mass is 10.2. The third-order valence-electron chi connectivity index (χ3n) is 2.34. The first-order chi connectivity index (χ1) is 8.25. The molecule has 0 aromatic carbocycles. The van der Waals surface area contributed by atoms with E-state index < -0.39 is 0 Å². The van der Waals surface area contributed by atoms with Crippen molar-refractivity contribution in [3.05, 3.63) is 54.1 Å². The van der Waals surface area contributed by atoms with Crippen LogP contribution >= 0.6 is 0 Å². The van der Waals surface area contributed by atoms with Crippen molar-refractivity contribution in [3.8, 4) is 5.75 Å². The Balaban J connectivity index is 1.96. The fourth-order valence-electron chi connectivity index (χ4n) is 1.39. The largest absolute Gasteiger partial charge is 0.486 e. The van der Waals surface area contributed by atoms with Gasteiger partial charge in [0, 0.05) is 12.2 Å². The molecule has 0 amide bonds. The molecule has 2 heterocycles. The van der Waals surface area contributed by atoms with Gasteiger partial charge in [-0.05, 0) is 31.2 Å². The molecule has 0 aliphatic rings. The highest BCUT2D eigenvalue weighted by atomic mass is 16.5. The Bertz CT molecular complexity index is 454. The molecule has 0 unspecified atom stereocenters. The zero-order chi connectivity index (χ0) is 12.1. The second kappa shape index (κ2) is 5.41. The number of pyridine rings is 2. The molecule has 0 aliphatic heterocycles. The first kappa shape index (κ1) is 11.5. The summed E-state index contributed by atoms with van der Waals surface area (Å²) in [6, 6.07) is 9.42. The number of hydrogen-bond donors (Lipinski definition) is 1. The Labute approximate surface area is 100 Å². The maximum absolute atomic E-state index is 5.72. The molecule has 0 fully saturated rings. The number of hydrogen-bond acceptors (Lipinski definition) is 4. The van der Waals surface area contributed by atoms with E-state index >= 15 is 0 Å². The lowest BCUT2D eigenvalue weighted by molar-refractivity contribution is 0.300. The maximum Gasteiger partial charge on any atom is 0.138 e. The van der Waals surface area contributed by atoms with Crippen molar-refractivity contribution in [3.63, 3.8) is 0 Å². The molecule has 0 radical (unpaired) electrons. The fraction of sp³-hybridized carbons (Fsp3) is 0.231. The summed E-state index contributed by atoms with van der Waals surface area (Å²) in [5.41, 5.74) is 7.46. The van der Waals surface area contributed by atoms with E-state index in [2.05, 4.69) is 9.97 Å². The van der Waals surface area contributed by atoms with E-state index in [4.69, 9.17) is 10.5 Å². The van der Waals surface area contributed by atoms with Gasteiger partial charge in [-0.25, -0.2) is 0 Å². The molecule has 2 N–H and O–H groups in total. The van der Waals surface area contributed by atoms with E-state index in [9.17, 15) is 0 Å². The molecule has 2 aromatic rings. The smallest absolute Gasteiger partial charge is 0.138 e. The van der Waals surface area contributed by atoms with Crippen LogP contribution in [0.2, 0.25) is 0 Å². The molecular weight excluding hydrogens is 214 g/mol. The fourth-order valence-corrected chi connectivity index (χ4v) is 1.39. The summed E-state index contributed by atoms with van der Waals surface area (Å²) < 4.78 is 5.56. The Morgan fingerprint density at radius 3 is 2.71 bits per heavy atom. The molecule has 2 rings (SSSR count). The first-order valence-corrected chi connectivity index (χ1v) is 5.50. The van der Waals surface area contributed by atoms with Crippen LogP contribution in [0.4, 0.5) is 0 Å². The summed E-state index contributed by atoms with van der Waals surface area (Å²) in [6.07, 6.45) is 3.43. The molecule has 17 heavy (non-hydrogen) atoms. The van der Waals surface area contributed by atoms with E-state index in [1.165, 1.54) is 0 Å². The Morgan fingerprint density at radius 1 is 1.24 bits per heavy atom. The van der Waals surface area contributed by atoms with Crippen LogP contribution in [0.1, 0.15) is 24.4 Å². The molecule has 2 aromatic heterocycles. The van der Waals surface area contributed by atoms with Crippen LogP contribution in [0, 0.1) is 0 Å². The van der Waals surface area contributed by atoms with Crippen molar-refractivity contribution in [1.29, 1.82) is 0 Å². The first-order valence-electron chi connectivity index (χ1n) is 5.50. The monoisotopic (exact) mass is 229 g/mol. The molecule has 0 spiro atoms. The highest BCUT2D eigenvalue weighted by Crippen LogP contribution is 2.13. The van der Waals surface area contributed by atoms with E-state index in [0.29, 0.717) is 6.61 Å². The molecule has 4 heteroatoms. The average Bonchev–Trinajstić information content (AvgIpc) is 2.38. The normalized spacial score (nSPS) is 12.1. The van der Waals surface area contributed by atoms with Crippen LogP contribution < -0.4 is 10.5 Å². The number of rotatable bonds is 4. The number of aromatic nitrogens is 2. The summed E-state index contributed by atoms with van der Waals surface area (Å²) in [7, 11) is 0. The van der Waals surface area contributed by atoms with Crippen molar-refractivity contribution in [2.45, 2.75) is 19.6 Å². The van der Waals surface area contributed by atoms with Gasteiger partial charge in [-0.2, -0.15) is 0 Å². The third-order valence-corrected chi connectivity index (χ3v) is 2.34. The van der Waals surface area contributed by atoms with Crippen LogP contribution in [-0.2, 0) is 6.61 Å². The topological polar surface area (TPSA) is 61.0 Å². The van der Waals surface area contributed by atoms with Crippen molar-refractivity contribution >= 4 is 0 Å². The summed E-state index contributed by atoms with van der Waals surface area (Å²) in [6.45, 7) is 2.34. The quantitative estimate of drug-likeness (QED) is 0.871. The van der Waals surface area contributed by atoms with Crippen molar-refractivity contribution in [2.75, 3.05) is 0 Å². The molecule has 88 valence electrons. The van der Waals surface area contributed by atoms with E-state index in [1.807, 2.05) is 37.3 Å². The molecule has 0 saturated heterocycles. The zero-order valence-corrected chi connectivity index (χ0v) is 9.71. The Hall–Kier alpha value is -1.94. The Morgan fingerprint density at radius 2 is 2.12 bits per heavy atom. The van der Waals surface area contributed by atoms with Crippen LogP contribution in [0.25, 0.3) is 0 Å². The minimum atomic E-state index is -0.0557. The highest BCUT2D eigenvalue weighted by molar-refractivity contribution is 5.21. The van der Waals surface area contributed by atoms with Crippen LogP contribution in [0.15, 0.2) is 42.7 Å².